The fraction of sp³-hybridized carbons (Fsp3) is 0.536. The molecular weight excluding hydrogens is 462 g/mol. The maximum absolute atomic E-state index is 14.0. The number of sulfonamides is 1. The van der Waals surface area contributed by atoms with Crippen molar-refractivity contribution in [3.05, 3.63) is 53.1 Å². The first kappa shape index (κ1) is 25.7. The molecule has 0 N–H and O–H groups in total. The molecule has 1 saturated heterocycles. The summed E-state index contributed by atoms with van der Waals surface area (Å²) in [6.45, 7) is 9.69. The molecule has 2 aliphatic heterocycles. The van der Waals surface area contributed by atoms with E-state index in [4.69, 9.17) is 9.47 Å². The van der Waals surface area contributed by atoms with Crippen LogP contribution in [0.5, 0.6) is 5.75 Å². The Morgan fingerprint density at radius 2 is 1.86 bits per heavy atom. The largest absolute Gasteiger partial charge is 0.493 e. The van der Waals surface area contributed by atoms with Crippen LogP contribution in [0.25, 0.3) is 0 Å². The number of hydrogen-bond donors (Lipinski definition) is 0. The highest BCUT2D eigenvalue weighted by atomic mass is 32.2. The number of carbonyl (C=O) groups is 1. The summed E-state index contributed by atoms with van der Waals surface area (Å²) >= 11 is 0. The molecule has 190 valence electrons. The molecule has 2 aromatic rings. The predicted octanol–water partition coefficient (Wildman–Crippen LogP) is 5.74. The molecular formula is C28H37NO5S. The summed E-state index contributed by atoms with van der Waals surface area (Å²) in [5.41, 5.74) is 3.32. The maximum Gasteiger partial charge on any atom is 0.264 e. The molecule has 0 aliphatic carbocycles. The van der Waals surface area contributed by atoms with Gasteiger partial charge in [-0.05, 0) is 86.3 Å². The van der Waals surface area contributed by atoms with Gasteiger partial charge in [-0.3, -0.25) is 9.10 Å². The van der Waals surface area contributed by atoms with Crippen molar-refractivity contribution in [3.63, 3.8) is 0 Å². The van der Waals surface area contributed by atoms with E-state index >= 15 is 0 Å². The van der Waals surface area contributed by atoms with Crippen molar-refractivity contribution in [2.45, 2.75) is 76.7 Å². The molecule has 1 atom stereocenters. The molecule has 1 fully saturated rings. The van der Waals surface area contributed by atoms with E-state index in [1.54, 1.807) is 16.4 Å². The van der Waals surface area contributed by atoms with Crippen molar-refractivity contribution in [2.75, 3.05) is 24.1 Å². The minimum Gasteiger partial charge on any atom is -0.493 e. The van der Waals surface area contributed by atoms with Gasteiger partial charge in [0.25, 0.3) is 10.0 Å². The number of ether oxygens (including phenoxy) is 2. The van der Waals surface area contributed by atoms with Gasteiger partial charge in [0.15, 0.2) is 5.78 Å². The molecule has 0 bridgehead atoms. The Morgan fingerprint density at radius 1 is 1.11 bits per heavy atom. The van der Waals surface area contributed by atoms with E-state index in [0.717, 1.165) is 56.6 Å². The van der Waals surface area contributed by atoms with Gasteiger partial charge in [0.2, 0.25) is 0 Å². The van der Waals surface area contributed by atoms with E-state index in [0.29, 0.717) is 29.8 Å². The van der Waals surface area contributed by atoms with Gasteiger partial charge in [-0.2, -0.15) is 0 Å². The number of hydrogen-bond acceptors (Lipinski definition) is 5. The van der Waals surface area contributed by atoms with Crippen LogP contribution in [-0.4, -0.2) is 40.1 Å². The monoisotopic (exact) mass is 499 g/mol. The van der Waals surface area contributed by atoms with Gasteiger partial charge in [0, 0.05) is 19.3 Å². The number of rotatable bonds is 8. The summed E-state index contributed by atoms with van der Waals surface area (Å²) in [5, 5.41) is 0. The van der Waals surface area contributed by atoms with Gasteiger partial charge in [0.05, 0.1) is 22.8 Å². The van der Waals surface area contributed by atoms with Gasteiger partial charge < -0.3 is 9.47 Å². The van der Waals surface area contributed by atoms with Crippen LogP contribution in [0.1, 0.15) is 80.8 Å². The van der Waals surface area contributed by atoms with E-state index in [1.165, 1.54) is 18.6 Å². The summed E-state index contributed by atoms with van der Waals surface area (Å²) < 4.78 is 41.0. The Bertz CT molecular complexity index is 1170. The number of fused-ring (bicyclic) bond motifs is 1. The molecule has 0 unspecified atom stereocenters. The molecule has 2 heterocycles. The lowest BCUT2D eigenvalue weighted by Crippen LogP contribution is -2.43. The minimum absolute atomic E-state index is 0.123. The third kappa shape index (κ3) is 5.41. The van der Waals surface area contributed by atoms with Gasteiger partial charge in [-0.15, -0.1) is 0 Å². The van der Waals surface area contributed by atoms with Crippen LogP contribution < -0.4 is 9.04 Å². The highest BCUT2D eigenvalue weighted by Gasteiger charge is 2.36. The van der Waals surface area contributed by atoms with Gasteiger partial charge >= 0.3 is 0 Å². The van der Waals surface area contributed by atoms with Gasteiger partial charge in [-0.1, -0.05) is 32.9 Å². The second-order valence-electron chi connectivity index (χ2n) is 10.0. The summed E-state index contributed by atoms with van der Waals surface area (Å²) in [6.07, 6.45) is 4.20. The molecule has 0 saturated carbocycles. The normalized spacial score (nSPS) is 19.0. The Morgan fingerprint density at radius 3 is 2.51 bits per heavy atom. The van der Waals surface area contributed by atoms with Crippen LogP contribution in [0.3, 0.4) is 0 Å². The molecule has 0 radical (unpaired) electrons. The molecule has 4 rings (SSSR count). The first-order valence-corrected chi connectivity index (χ1v) is 14.2. The zero-order valence-corrected chi connectivity index (χ0v) is 22.1. The Hall–Kier alpha value is -2.38. The van der Waals surface area contributed by atoms with Crippen molar-refractivity contribution in [1.82, 2.24) is 0 Å². The number of Topliss-reactive ketones (excluding diaryl/α,β-unsaturated/α-hetero) is 1. The van der Waals surface area contributed by atoms with Crippen LogP contribution in [0.4, 0.5) is 5.69 Å². The standard InChI is InChI=1S/C28H37NO5S/c1-5-24-8-6-23-16-22(19(2)3)7-10-27(23)29(24)35(31,32)25-9-11-28(26(17-25)20(4)30)34-18-21-12-14-33-15-13-21/h7,9-11,16-17,19,21,24H,5-6,8,12-15,18H2,1-4H3/t24-/m0/s1. The van der Waals surface area contributed by atoms with Crippen molar-refractivity contribution in [1.29, 1.82) is 0 Å². The molecule has 2 aromatic carbocycles. The molecule has 7 heteroatoms. The molecule has 35 heavy (non-hydrogen) atoms. The third-order valence-corrected chi connectivity index (χ3v) is 9.12. The number of benzene rings is 2. The quantitative estimate of drug-likeness (QED) is 0.433. The lowest BCUT2D eigenvalue weighted by Gasteiger charge is -2.38. The topological polar surface area (TPSA) is 72.9 Å². The summed E-state index contributed by atoms with van der Waals surface area (Å²) in [4.78, 5) is 12.6. The van der Waals surface area contributed by atoms with E-state index < -0.39 is 10.0 Å². The number of aryl methyl sites for hydroxylation is 1. The van der Waals surface area contributed by atoms with Crippen molar-refractivity contribution < 1.29 is 22.7 Å². The Kier molecular flexibility index (Phi) is 7.86. The summed E-state index contributed by atoms with van der Waals surface area (Å²) in [6, 6.07) is 10.7. The number of carbonyl (C=O) groups excluding carboxylic acids is 1. The van der Waals surface area contributed by atoms with Crippen LogP contribution in [0.2, 0.25) is 0 Å². The van der Waals surface area contributed by atoms with E-state index in [9.17, 15) is 13.2 Å². The molecule has 0 aromatic heterocycles. The Labute approximate surface area is 209 Å². The van der Waals surface area contributed by atoms with Crippen LogP contribution in [-0.2, 0) is 21.2 Å². The summed E-state index contributed by atoms with van der Waals surface area (Å²) in [5.74, 6) is 0.978. The lowest BCUT2D eigenvalue weighted by molar-refractivity contribution is 0.0495. The van der Waals surface area contributed by atoms with Crippen LogP contribution in [0.15, 0.2) is 41.3 Å². The predicted molar refractivity (Wildman–Crippen MR) is 138 cm³/mol. The second kappa shape index (κ2) is 10.7. The molecule has 0 amide bonds. The molecule has 6 nitrogen and oxygen atoms in total. The van der Waals surface area contributed by atoms with Crippen molar-refractivity contribution >= 4 is 21.5 Å². The smallest absolute Gasteiger partial charge is 0.264 e. The highest BCUT2D eigenvalue weighted by Crippen LogP contribution is 2.38. The second-order valence-corrected chi connectivity index (χ2v) is 11.8. The van der Waals surface area contributed by atoms with Crippen molar-refractivity contribution in [3.8, 4) is 5.75 Å². The minimum atomic E-state index is -3.87. The van der Waals surface area contributed by atoms with Gasteiger partial charge in [-0.25, -0.2) is 8.42 Å². The first-order valence-electron chi connectivity index (χ1n) is 12.7. The first-order chi connectivity index (χ1) is 16.7. The third-order valence-electron chi connectivity index (χ3n) is 7.26. The Balaban J connectivity index is 1.68. The zero-order valence-electron chi connectivity index (χ0n) is 21.2. The average molecular weight is 500 g/mol. The fourth-order valence-corrected chi connectivity index (χ4v) is 6.83. The van der Waals surface area contributed by atoms with E-state index in [-0.39, 0.29) is 16.7 Å². The van der Waals surface area contributed by atoms with Crippen molar-refractivity contribution in [2.24, 2.45) is 5.92 Å². The van der Waals surface area contributed by atoms with Crippen LogP contribution in [0, 0.1) is 5.92 Å². The molecule has 2 aliphatic rings. The SMILES string of the molecule is CC[C@H]1CCc2cc(C(C)C)ccc2N1S(=O)(=O)c1ccc(OCC2CCOCC2)c(C(C)=O)c1. The average Bonchev–Trinajstić information content (AvgIpc) is 2.86. The zero-order chi connectivity index (χ0) is 25.2. The number of nitrogens with zero attached hydrogens (tertiary/aromatic N) is 1. The number of anilines is 1. The molecule has 0 spiro atoms. The summed E-state index contributed by atoms with van der Waals surface area (Å²) in [7, 11) is -3.87. The fourth-order valence-electron chi connectivity index (χ4n) is 5.02. The van der Waals surface area contributed by atoms with E-state index in [1.807, 2.05) is 19.1 Å². The lowest BCUT2D eigenvalue weighted by atomic mass is 9.92. The number of ketones is 1. The van der Waals surface area contributed by atoms with Crippen LogP contribution >= 0.6 is 0 Å². The van der Waals surface area contributed by atoms with E-state index in [2.05, 4.69) is 19.9 Å². The highest BCUT2D eigenvalue weighted by molar-refractivity contribution is 7.92. The maximum atomic E-state index is 14.0. The van der Waals surface area contributed by atoms with Gasteiger partial charge in [0.1, 0.15) is 5.75 Å².